The number of anilines is 1. The SMILES string of the molecule is COC(=O)c1c(Cl)cc(N)cc1OC. The van der Waals surface area contributed by atoms with Gasteiger partial charge >= 0.3 is 5.97 Å². The van der Waals surface area contributed by atoms with E-state index in [1.54, 1.807) is 0 Å². The van der Waals surface area contributed by atoms with Crippen molar-refractivity contribution in [3.05, 3.63) is 22.7 Å². The Bertz CT molecular complexity index is 365. The molecule has 0 aliphatic rings. The summed E-state index contributed by atoms with van der Waals surface area (Å²) >= 11 is 5.83. The van der Waals surface area contributed by atoms with E-state index in [1.807, 2.05) is 0 Å². The van der Waals surface area contributed by atoms with Crippen LogP contribution in [0.5, 0.6) is 5.75 Å². The number of esters is 1. The van der Waals surface area contributed by atoms with Gasteiger partial charge in [-0.05, 0) is 6.07 Å². The predicted octanol–water partition coefficient (Wildman–Crippen LogP) is 1.72. The van der Waals surface area contributed by atoms with Crippen molar-refractivity contribution in [2.45, 2.75) is 0 Å². The maximum absolute atomic E-state index is 11.3. The zero-order valence-corrected chi connectivity index (χ0v) is 8.59. The molecule has 0 radical (unpaired) electrons. The number of carbonyl (C=O) groups is 1. The fraction of sp³-hybridized carbons (Fsp3) is 0.222. The molecule has 5 heteroatoms. The van der Waals surface area contributed by atoms with Crippen molar-refractivity contribution in [1.82, 2.24) is 0 Å². The number of methoxy groups -OCH3 is 2. The molecule has 0 aliphatic carbocycles. The number of halogens is 1. The molecular weight excluding hydrogens is 206 g/mol. The molecule has 0 spiro atoms. The summed E-state index contributed by atoms with van der Waals surface area (Å²) in [5.74, 6) is -0.242. The van der Waals surface area contributed by atoms with Gasteiger partial charge < -0.3 is 15.2 Å². The van der Waals surface area contributed by atoms with Crippen LogP contribution in [0.25, 0.3) is 0 Å². The molecule has 0 atom stereocenters. The molecule has 1 aromatic rings. The lowest BCUT2D eigenvalue weighted by atomic mass is 10.2. The number of carbonyl (C=O) groups excluding carboxylic acids is 1. The van der Waals surface area contributed by atoms with Gasteiger partial charge in [-0.2, -0.15) is 0 Å². The lowest BCUT2D eigenvalue weighted by molar-refractivity contribution is 0.0597. The topological polar surface area (TPSA) is 61.5 Å². The Balaban J connectivity index is 3.32. The fourth-order valence-corrected chi connectivity index (χ4v) is 1.36. The van der Waals surface area contributed by atoms with Gasteiger partial charge in [-0.15, -0.1) is 0 Å². The molecular formula is C9H10ClNO3. The zero-order chi connectivity index (χ0) is 10.7. The Hall–Kier alpha value is -1.42. The van der Waals surface area contributed by atoms with Crippen LogP contribution in [-0.4, -0.2) is 20.2 Å². The minimum Gasteiger partial charge on any atom is -0.496 e. The smallest absolute Gasteiger partial charge is 0.343 e. The summed E-state index contributed by atoms with van der Waals surface area (Å²) < 4.78 is 9.52. The van der Waals surface area contributed by atoms with Crippen molar-refractivity contribution >= 4 is 23.3 Å². The Kier molecular flexibility index (Phi) is 3.19. The normalized spacial score (nSPS) is 9.64. The van der Waals surface area contributed by atoms with Crippen LogP contribution in [0.3, 0.4) is 0 Å². The van der Waals surface area contributed by atoms with Gasteiger partial charge in [0.25, 0.3) is 0 Å². The Morgan fingerprint density at radius 2 is 2.07 bits per heavy atom. The maximum atomic E-state index is 11.3. The van der Waals surface area contributed by atoms with Crippen LogP contribution >= 0.6 is 11.6 Å². The van der Waals surface area contributed by atoms with Crippen LogP contribution in [0.2, 0.25) is 5.02 Å². The molecule has 76 valence electrons. The highest BCUT2D eigenvalue weighted by Crippen LogP contribution is 2.30. The van der Waals surface area contributed by atoms with Crippen molar-refractivity contribution in [2.75, 3.05) is 20.0 Å². The molecule has 0 unspecified atom stereocenters. The number of nitrogens with two attached hydrogens (primary N) is 1. The highest BCUT2D eigenvalue weighted by Gasteiger charge is 2.17. The average Bonchev–Trinajstić information content (AvgIpc) is 2.15. The van der Waals surface area contributed by atoms with Crippen molar-refractivity contribution in [3.63, 3.8) is 0 Å². The Morgan fingerprint density at radius 3 is 2.57 bits per heavy atom. The fourth-order valence-electron chi connectivity index (χ4n) is 1.06. The molecule has 0 saturated heterocycles. The van der Waals surface area contributed by atoms with E-state index < -0.39 is 5.97 Å². The van der Waals surface area contributed by atoms with E-state index >= 15 is 0 Å². The number of ether oxygens (including phenoxy) is 2. The van der Waals surface area contributed by atoms with Crippen LogP contribution in [0, 0.1) is 0 Å². The highest BCUT2D eigenvalue weighted by atomic mass is 35.5. The first-order valence-electron chi connectivity index (χ1n) is 3.81. The summed E-state index contributed by atoms with van der Waals surface area (Å²) in [5, 5.41) is 0.216. The first kappa shape index (κ1) is 10.7. The van der Waals surface area contributed by atoms with Gasteiger partial charge in [-0.3, -0.25) is 0 Å². The van der Waals surface area contributed by atoms with Crippen molar-refractivity contribution in [1.29, 1.82) is 0 Å². The van der Waals surface area contributed by atoms with Gasteiger partial charge in [0.1, 0.15) is 11.3 Å². The van der Waals surface area contributed by atoms with E-state index in [0.29, 0.717) is 11.4 Å². The maximum Gasteiger partial charge on any atom is 0.343 e. The predicted molar refractivity (Wildman–Crippen MR) is 53.8 cm³/mol. The molecule has 4 nitrogen and oxygen atoms in total. The van der Waals surface area contributed by atoms with Crippen molar-refractivity contribution in [3.8, 4) is 5.75 Å². The summed E-state index contributed by atoms with van der Waals surface area (Å²) in [6.45, 7) is 0. The van der Waals surface area contributed by atoms with E-state index in [2.05, 4.69) is 4.74 Å². The highest BCUT2D eigenvalue weighted by molar-refractivity contribution is 6.34. The van der Waals surface area contributed by atoms with Gasteiger partial charge in [-0.25, -0.2) is 4.79 Å². The summed E-state index contributed by atoms with van der Waals surface area (Å²) in [6, 6.07) is 2.98. The minimum atomic E-state index is -0.549. The standard InChI is InChI=1S/C9H10ClNO3/c1-13-7-4-5(11)3-6(10)8(7)9(12)14-2/h3-4H,11H2,1-2H3. The van der Waals surface area contributed by atoms with E-state index in [1.165, 1.54) is 26.4 Å². The van der Waals surface area contributed by atoms with E-state index in [4.69, 9.17) is 22.1 Å². The first-order valence-corrected chi connectivity index (χ1v) is 4.19. The van der Waals surface area contributed by atoms with Gasteiger partial charge in [0.05, 0.1) is 19.2 Å². The van der Waals surface area contributed by atoms with Crippen LogP contribution in [0.4, 0.5) is 5.69 Å². The number of benzene rings is 1. The third-order valence-corrected chi connectivity index (χ3v) is 1.98. The lowest BCUT2D eigenvalue weighted by Gasteiger charge is -2.09. The molecule has 0 aliphatic heterocycles. The molecule has 0 fully saturated rings. The lowest BCUT2D eigenvalue weighted by Crippen LogP contribution is -2.05. The van der Waals surface area contributed by atoms with Crippen molar-refractivity contribution in [2.24, 2.45) is 0 Å². The number of nitrogen functional groups attached to an aromatic ring is 1. The molecule has 0 bridgehead atoms. The molecule has 0 amide bonds. The molecule has 1 rings (SSSR count). The third-order valence-electron chi connectivity index (χ3n) is 1.69. The number of hydrogen-bond donors (Lipinski definition) is 1. The second kappa shape index (κ2) is 4.19. The molecule has 14 heavy (non-hydrogen) atoms. The summed E-state index contributed by atoms with van der Waals surface area (Å²) in [7, 11) is 2.70. The second-order valence-corrected chi connectivity index (χ2v) is 2.98. The molecule has 0 aromatic heterocycles. The van der Waals surface area contributed by atoms with Gasteiger partial charge in [0, 0.05) is 11.8 Å². The quantitative estimate of drug-likeness (QED) is 0.603. The third kappa shape index (κ3) is 1.90. The largest absolute Gasteiger partial charge is 0.496 e. The average molecular weight is 216 g/mol. The summed E-state index contributed by atoms with van der Waals surface area (Å²) in [6.07, 6.45) is 0. The minimum absolute atomic E-state index is 0.186. The van der Waals surface area contributed by atoms with Crippen molar-refractivity contribution < 1.29 is 14.3 Å². The van der Waals surface area contributed by atoms with Gasteiger partial charge in [-0.1, -0.05) is 11.6 Å². The Morgan fingerprint density at radius 1 is 1.43 bits per heavy atom. The summed E-state index contributed by atoms with van der Waals surface area (Å²) in [5.41, 5.74) is 6.15. The molecule has 1 aromatic carbocycles. The molecule has 0 heterocycles. The monoisotopic (exact) mass is 215 g/mol. The number of rotatable bonds is 2. The molecule has 2 N–H and O–H groups in total. The van der Waals surface area contributed by atoms with E-state index in [-0.39, 0.29) is 10.6 Å². The van der Waals surface area contributed by atoms with Crippen LogP contribution in [-0.2, 0) is 4.74 Å². The Labute approximate surface area is 86.6 Å². The van der Waals surface area contributed by atoms with E-state index in [0.717, 1.165) is 0 Å². The zero-order valence-electron chi connectivity index (χ0n) is 7.83. The number of hydrogen-bond acceptors (Lipinski definition) is 4. The van der Waals surface area contributed by atoms with Crippen LogP contribution in [0.1, 0.15) is 10.4 Å². The van der Waals surface area contributed by atoms with Crippen LogP contribution < -0.4 is 10.5 Å². The van der Waals surface area contributed by atoms with Gasteiger partial charge in [0.15, 0.2) is 0 Å². The summed E-state index contributed by atoms with van der Waals surface area (Å²) in [4.78, 5) is 11.3. The first-order chi connectivity index (χ1) is 6.60. The van der Waals surface area contributed by atoms with Gasteiger partial charge in [0.2, 0.25) is 0 Å². The molecule has 0 saturated carbocycles. The second-order valence-electron chi connectivity index (χ2n) is 2.57. The van der Waals surface area contributed by atoms with Crippen LogP contribution in [0.15, 0.2) is 12.1 Å². The van der Waals surface area contributed by atoms with E-state index in [9.17, 15) is 4.79 Å².